The van der Waals surface area contributed by atoms with Gasteiger partial charge >= 0.3 is 5.97 Å². The molecule has 0 radical (unpaired) electrons. The van der Waals surface area contributed by atoms with Crippen LogP contribution in [0.5, 0.6) is 0 Å². The van der Waals surface area contributed by atoms with E-state index in [0.717, 1.165) is 19.4 Å². The van der Waals surface area contributed by atoms with Crippen molar-refractivity contribution in [1.82, 2.24) is 0 Å². The number of carbonyl (C=O) groups excluding carboxylic acids is 1. The number of ether oxygens (including phenoxy) is 3. The molecule has 5 heteroatoms. The largest absolute Gasteiger partial charge is 0.463 e. The molecule has 0 atom stereocenters. The smallest absolute Gasteiger partial charge is 0.302 e. The molecule has 0 spiro atoms. The number of methoxy groups -OCH3 is 1. The Morgan fingerprint density at radius 1 is 1.19 bits per heavy atom. The summed E-state index contributed by atoms with van der Waals surface area (Å²) >= 11 is 0. The lowest BCUT2D eigenvalue weighted by atomic mass is 10.4. The Balaban J connectivity index is 0. The molecule has 0 heterocycles. The van der Waals surface area contributed by atoms with Gasteiger partial charge < -0.3 is 19.3 Å². The first-order chi connectivity index (χ1) is 7.68. The second kappa shape index (κ2) is 16.8. The molecule has 0 rings (SSSR count). The van der Waals surface area contributed by atoms with Crippen LogP contribution in [0.1, 0.15) is 26.7 Å². The van der Waals surface area contributed by atoms with E-state index in [1.54, 1.807) is 7.11 Å². The molecule has 0 amide bonds. The average Bonchev–Trinajstić information content (AvgIpc) is 2.25. The maximum Gasteiger partial charge on any atom is 0.302 e. The van der Waals surface area contributed by atoms with Crippen LogP contribution in [0.15, 0.2) is 0 Å². The molecule has 0 aliphatic rings. The van der Waals surface area contributed by atoms with Gasteiger partial charge in [0.05, 0.1) is 19.8 Å². The minimum Gasteiger partial charge on any atom is -0.463 e. The monoisotopic (exact) mass is 236 g/mol. The second-order valence-electron chi connectivity index (χ2n) is 3.02. The lowest BCUT2D eigenvalue weighted by Crippen LogP contribution is -2.07. The van der Waals surface area contributed by atoms with Crippen LogP contribution in [0.2, 0.25) is 0 Å². The number of unbranched alkanes of at least 4 members (excludes halogenated alkanes) is 1. The first-order valence-electron chi connectivity index (χ1n) is 5.49. The van der Waals surface area contributed by atoms with E-state index in [4.69, 9.17) is 9.84 Å². The summed E-state index contributed by atoms with van der Waals surface area (Å²) in [5.74, 6) is -0.246. The normalized spacial score (nSPS) is 9.25. The van der Waals surface area contributed by atoms with Crippen LogP contribution < -0.4 is 0 Å². The minimum absolute atomic E-state index is 0.122. The highest BCUT2D eigenvalue weighted by molar-refractivity contribution is 5.65. The molecule has 98 valence electrons. The summed E-state index contributed by atoms with van der Waals surface area (Å²) in [5.41, 5.74) is 0. The first-order valence-corrected chi connectivity index (χ1v) is 5.49. The molecule has 0 saturated heterocycles. The molecular formula is C11H24O5. The van der Waals surface area contributed by atoms with Gasteiger partial charge in [-0.15, -0.1) is 0 Å². The van der Waals surface area contributed by atoms with Crippen LogP contribution in [-0.4, -0.2) is 51.2 Å². The maximum atomic E-state index is 10.3. The second-order valence-corrected chi connectivity index (χ2v) is 3.02. The first kappa shape index (κ1) is 17.7. The van der Waals surface area contributed by atoms with Crippen LogP contribution in [0.3, 0.4) is 0 Å². The summed E-state index contributed by atoms with van der Waals surface area (Å²) in [6.07, 6.45) is 2.20. The van der Waals surface area contributed by atoms with Gasteiger partial charge in [0.25, 0.3) is 0 Å². The molecule has 1 N–H and O–H groups in total. The zero-order valence-corrected chi connectivity index (χ0v) is 10.5. The van der Waals surface area contributed by atoms with E-state index >= 15 is 0 Å². The van der Waals surface area contributed by atoms with E-state index in [1.807, 2.05) is 0 Å². The molecule has 0 aromatic carbocycles. The minimum atomic E-state index is -0.246. The number of aliphatic hydroxyl groups excluding tert-OH is 1. The molecule has 5 nitrogen and oxygen atoms in total. The third-order valence-corrected chi connectivity index (χ3v) is 1.47. The average molecular weight is 236 g/mol. The molecule has 16 heavy (non-hydrogen) atoms. The molecule has 0 aromatic rings. The lowest BCUT2D eigenvalue weighted by Gasteiger charge is -2.02. The third kappa shape index (κ3) is 23.3. The number of rotatable bonds is 8. The Morgan fingerprint density at radius 3 is 2.25 bits per heavy atom. The van der Waals surface area contributed by atoms with Gasteiger partial charge in [0.15, 0.2) is 0 Å². The highest BCUT2D eigenvalue weighted by Gasteiger charge is 1.91. The van der Waals surface area contributed by atoms with Gasteiger partial charge in [0.2, 0.25) is 0 Å². The zero-order valence-electron chi connectivity index (χ0n) is 10.5. The summed E-state index contributed by atoms with van der Waals surface area (Å²) in [5, 5.41) is 7.94. The van der Waals surface area contributed by atoms with Gasteiger partial charge in [-0.05, 0) is 6.42 Å². The van der Waals surface area contributed by atoms with Gasteiger partial charge in [-0.25, -0.2) is 0 Å². The van der Waals surface area contributed by atoms with Crippen molar-refractivity contribution in [1.29, 1.82) is 0 Å². The summed E-state index contributed by atoms with van der Waals surface area (Å²) in [7, 11) is 1.55. The quantitative estimate of drug-likeness (QED) is 0.503. The van der Waals surface area contributed by atoms with Crippen molar-refractivity contribution in [3.63, 3.8) is 0 Å². The predicted octanol–water partition coefficient (Wildman–Crippen LogP) is 0.991. The van der Waals surface area contributed by atoms with Crippen LogP contribution in [0.25, 0.3) is 0 Å². The van der Waals surface area contributed by atoms with E-state index < -0.39 is 0 Å². The van der Waals surface area contributed by atoms with Crippen molar-refractivity contribution in [3.05, 3.63) is 0 Å². The summed E-state index contributed by atoms with van der Waals surface area (Å²) in [6, 6.07) is 0. The molecule has 0 bridgehead atoms. The van der Waals surface area contributed by atoms with Crippen LogP contribution in [0.4, 0.5) is 0 Å². The number of hydrogen-bond donors (Lipinski definition) is 1. The van der Waals surface area contributed by atoms with Crippen molar-refractivity contribution in [3.8, 4) is 0 Å². The van der Waals surface area contributed by atoms with E-state index in [0.29, 0.717) is 19.8 Å². The summed E-state index contributed by atoms with van der Waals surface area (Å²) < 4.78 is 14.2. The van der Waals surface area contributed by atoms with Gasteiger partial charge in [-0.1, -0.05) is 13.3 Å². The Bertz CT molecular complexity index is 136. The number of hydrogen-bond acceptors (Lipinski definition) is 5. The molecule has 0 saturated carbocycles. The Labute approximate surface area is 97.7 Å². The van der Waals surface area contributed by atoms with E-state index in [1.165, 1.54) is 6.92 Å². The Morgan fingerprint density at radius 2 is 1.88 bits per heavy atom. The van der Waals surface area contributed by atoms with Crippen LogP contribution in [-0.2, 0) is 19.0 Å². The molecular weight excluding hydrogens is 212 g/mol. The van der Waals surface area contributed by atoms with Crippen molar-refractivity contribution in [2.45, 2.75) is 26.7 Å². The molecule has 0 aliphatic heterocycles. The molecule has 0 aromatic heterocycles. The van der Waals surface area contributed by atoms with Crippen LogP contribution in [0, 0.1) is 0 Å². The fourth-order valence-electron chi connectivity index (χ4n) is 0.684. The maximum absolute atomic E-state index is 10.3. The SMILES string of the molecule is CCCCOCCOC(C)=O.COCCO. The van der Waals surface area contributed by atoms with Crippen LogP contribution >= 0.6 is 0 Å². The van der Waals surface area contributed by atoms with Crippen molar-refractivity contribution < 1.29 is 24.1 Å². The number of aliphatic hydroxyl groups is 1. The fraction of sp³-hybridized carbons (Fsp3) is 0.909. The van der Waals surface area contributed by atoms with E-state index in [-0.39, 0.29) is 12.6 Å². The number of carbonyl (C=O) groups is 1. The van der Waals surface area contributed by atoms with Crippen molar-refractivity contribution in [2.24, 2.45) is 0 Å². The lowest BCUT2D eigenvalue weighted by molar-refractivity contribution is -0.142. The van der Waals surface area contributed by atoms with Gasteiger partial charge in [0, 0.05) is 20.6 Å². The highest BCUT2D eigenvalue weighted by Crippen LogP contribution is 1.87. The van der Waals surface area contributed by atoms with Crippen molar-refractivity contribution >= 4 is 5.97 Å². The summed E-state index contributed by atoms with van der Waals surface area (Å²) in [6.45, 7) is 5.72. The molecule has 0 unspecified atom stereocenters. The van der Waals surface area contributed by atoms with E-state index in [9.17, 15) is 4.79 Å². The Hall–Kier alpha value is -0.650. The standard InChI is InChI=1S/C8H16O3.C3H8O2/c1-3-4-5-10-6-7-11-8(2)9;1-5-3-2-4/h3-7H2,1-2H3;4H,2-3H2,1H3. The topological polar surface area (TPSA) is 65.0 Å². The van der Waals surface area contributed by atoms with Crippen molar-refractivity contribution in [2.75, 3.05) is 40.1 Å². The fourth-order valence-corrected chi connectivity index (χ4v) is 0.684. The molecule has 0 fully saturated rings. The van der Waals surface area contributed by atoms with Gasteiger partial charge in [0.1, 0.15) is 6.61 Å². The van der Waals surface area contributed by atoms with Gasteiger partial charge in [-0.3, -0.25) is 4.79 Å². The van der Waals surface area contributed by atoms with E-state index in [2.05, 4.69) is 16.4 Å². The summed E-state index contributed by atoms with van der Waals surface area (Å²) in [4.78, 5) is 10.3. The number of esters is 1. The molecule has 0 aliphatic carbocycles. The Kier molecular flexibility index (Phi) is 18.6. The van der Waals surface area contributed by atoms with Gasteiger partial charge in [-0.2, -0.15) is 0 Å². The third-order valence-electron chi connectivity index (χ3n) is 1.47. The predicted molar refractivity (Wildman–Crippen MR) is 61.3 cm³/mol. The highest BCUT2D eigenvalue weighted by atomic mass is 16.6. The zero-order chi connectivity index (χ0) is 12.6.